The Morgan fingerprint density at radius 3 is 2.80 bits per heavy atom. The molecule has 80 valence electrons. The number of hydrogen-bond acceptors (Lipinski definition) is 4. The van der Waals surface area contributed by atoms with Crippen molar-refractivity contribution in [3.05, 3.63) is 24.0 Å². The van der Waals surface area contributed by atoms with Gasteiger partial charge in [-0.1, -0.05) is 0 Å². The number of aromatic nitrogens is 1. The van der Waals surface area contributed by atoms with Crippen LogP contribution < -0.4 is 10.6 Å². The van der Waals surface area contributed by atoms with Gasteiger partial charge in [0.1, 0.15) is 0 Å². The third-order valence-electron chi connectivity index (χ3n) is 2.24. The monoisotopic (exact) mass is 204 g/mol. The van der Waals surface area contributed by atoms with Crippen LogP contribution in [0.25, 0.3) is 0 Å². The highest BCUT2D eigenvalue weighted by atomic mass is 15.1. The zero-order chi connectivity index (χ0) is 11.3. The van der Waals surface area contributed by atoms with Gasteiger partial charge in [0.05, 0.1) is 30.1 Å². The average Bonchev–Trinajstić information content (AvgIpc) is 2.26. The lowest BCUT2D eigenvalue weighted by molar-refractivity contribution is 0.779. The molecule has 0 radical (unpaired) electrons. The van der Waals surface area contributed by atoms with Crippen LogP contribution in [0, 0.1) is 11.3 Å². The Labute approximate surface area is 90.3 Å². The quantitative estimate of drug-likeness (QED) is 0.806. The summed E-state index contributed by atoms with van der Waals surface area (Å²) in [5, 5.41) is 8.47. The zero-order valence-electron chi connectivity index (χ0n) is 9.14. The molecule has 4 heteroatoms. The summed E-state index contributed by atoms with van der Waals surface area (Å²) in [7, 11) is 1.94. The normalized spacial score (nSPS) is 11.9. The number of rotatable bonds is 4. The molecule has 1 rings (SSSR count). The van der Waals surface area contributed by atoms with E-state index in [0.29, 0.717) is 6.42 Å². The minimum atomic E-state index is -0.0385. The largest absolute Gasteiger partial charge is 0.372 e. The fraction of sp³-hybridized carbons (Fsp3) is 0.455. The Balaban J connectivity index is 2.67. The van der Waals surface area contributed by atoms with Gasteiger partial charge in [-0.2, -0.15) is 5.26 Å². The standard InChI is InChI=1S/C11H16N4/c1-9(13)11-5-4-10(8-14-11)15(2)7-3-6-12/h4-5,8-9H,3,7,13H2,1-2H3/t9-/m0/s1. The van der Waals surface area contributed by atoms with Crippen molar-refractivity contribution in [1.29, 1.82) is 5.26 Å². The van der Waals surface area contributed by atoms with Gasteiger partial charge in [-0.3, -0.25) is 4.98 Å². The van der Waals surface area contributed by atoms with E-state index in [1.807, 2.05) is 31.0 Å². The highest BCUT2D eigenvalue weighted by molar-refractivity contribution is 5.43. The third-order valence-corrected chi connectivity index (χ3v) is 2.24. The fourth-order valence-electron chi connectivity index (χ4n) is 1.24. The highest BCUT2D eigenvalue weighted by Crippen LogP contribution is 2.14. The lowest BCUT2D eigenvalue weighted by Gasteiger charge is -2.17. The minimum Gasteiger partial charge on any atom is -0.372 e. The van der Waals surface area contributed by atoms with Gasteiger partial charge in [-0.15, -0.1) is 0 Å². The van der Waals surface area contributed by atoms with Gasteiger partial charge in [0.15, 0.2) is 0 Å². The Morgan fingerprint density at radius 1 is 1.60 bits per heavy atom. The molecular formula is C11H16N4. The molecule has 0 spiro atoms. The maximum absolute atomic E-state index is 8.47. The molecule has 0 fully saturated rings. The van der Waals surface area contributed by atoms with Gasteiger partial charge >= 0.3 is 0 Å². The Hall–Kier alpha value is -1.60. The van der Waals surface area contributed by atoms with Crippen molar-refractivity contribution < 1.29 is 0 Å². The van der Waals surface area contributed by atoms with E-state index in [9.17, 15) is 0 Å². The first-order valence-electron chi connectivity index (χ1n) is 4.94. The lowest BCUT2D eigenvalue weighted by atomic mass is 10.2. The van der Waals surface area contributed by atoms with Crippen molar-refractivity contribution in [3.63, 3.8) is 0 Å². The Morgan fingerprint density at radius 2 is 2.33 bits per heavy atom. The number of nitriles is 1. The second-order valence-electron chi connectivity index (χ2n) is 3.56. The van der Waals surface area contributed by atoms with E-state index in [2.05, 4.69) is 11.1 Å². The molecule has 1 aromatic rings. The van der Waals surface area contributed by atoms with E-state index < -0.39 is 0 Å². The van der Waals surface area contributed by atoms with Crippen LogP contribution in [0.1, 0.15) is 25.1 Å². The third kappa shape index (κ3) is 3.22. The van der Waals surface area contributed by atoms with Crippen molar-refractivity contribution in [3.8, 4) is 6.07 Å². The predicted molar refractivity (Wildman–Crippen MR) is 60.3 cm³/mol. The maximum atomic E-state index is 8.47. The molecule has 2 N–H and O–H groups in total. The van der Waals surface area contributed by atoms with E-state index >= 15 is 0 Å². The molecule has 0 aliphatic carbocycles. The SMILES string of the molecule is C[C@H](N)c1ccc(N(C)CCC#N)cn1. The van der Waals surface area contributed by atoms with E-state index in [1.54, 1.807) is 6.20 Å². The molecule has 0 aromatic carbocycles. The summed E-state index contributed by atoms with van der Waals surface area (Å²) in [6.45, 7) is 2.62. The van der Waals surface area contributed by atoms with Crippen LogP contribution in [0.15, 0.2) is 18.3 Å². The van der Waals surface area contributed by atoms with Crippen LogP contribution in [0.5, 0.6) is 0 Å². The molecule has 1 aromatic heterocycles. The van der Waals surface area contributed by atoms with Gasteiger partial charge in [0.2, 0.25) is 0 Å². The molecular weight excluding hydrogens is 188 g/mol. The number of nitrogens with two attached hydrogens (primary N) is 1. The average molecular weight is 204 g/mol. The van der Waals surface area contributed by atoms with Gasteiger partial charge < -0.3 is 10.6 Å². The maximum Gasteiger partial charge on any atom is 0.0640 e. The summed E-state index contributed by atoms with van der Waals surface area (Å²) in [5.41, 5.74) is 7.59. The topological polar surface area (TPSA) is 65.9 Å². The molecule has 0 unspecified atom stereocenters. The second kappa shape index (κ2) is 5.32. The molecule has 0 saturated carbocycles. The number of hydrogen-bond donors (Lipinski definition) is 1. The van der Waals surface area contributed by atoms with Crippen molar-refractivity contribution >= 4 is 5.69 Å². The number of nitrogens with zero attached hydrogens (tertiary/aromatic N) is 3. The van der Waals surface area contributed by atoms with E-state index in [-0.39, 0.29) is 6.04 Å². The summed E-state index contributed by atoms with van der Waals surface area (Å²) in [4.78, 5) is 6.26. The summed E-state index contributed by atoms with van der Waals surface area (Å²) >= 11 is 0. The first-order chi connectivity index (χ1) is 7.15. The first-order valence-corrected chi connectivity index (χ1v) is 4.94. The molecule has 15 heavy (non-hydrogen) atoms. The zero-order valence-corrected chi connectivity index (χ0v) is 9.14. The van der Waals surface area contributed by atoms with Crippen LogP contribution in [0.4, 0.5) is 5.69 Å². The summed E-state index contributed by atoms with van der Waals surface area (Å²) in [6.07, 6.45) is 2.31. The van der Waals surface area contributed by atoms with Crippen LogP contribution in [-0.4, -0.2) is 18.6 Å². The van der Waals surface area contributed by atoms with Gasteiger partial charge in [-0.25, -0.2) is 0 Å². The van der Waals surface area contributed by atoms with E-state index in [0.717, 1.165) is 17.9 Å². The van der Waals surface area contributed by atoms with Crippen LogP contribution in [-0.2, 0) is 0 Å². The van der Waals surface area contributed by atoms with Crippen LogP contribution in [0.3, 0.4) is 0 Å². The molecule has 0 amide bonds. The molecule has 1 atom stereocenters. The molecule has 0 aliphatic rings. The minimum absolute atomic E-state index is 0.0385. The molecule has 0 bridgehead atoms. The van der Waals surface area contributed by atoms with Crippen LogP contribution in [0.2, 0.25) is 0 Å². The van der Waals surface area contributed by atoms with Gasteiger partial charge in [0, 0.05) is 19.6 Å². The van der Waals surface area contributed by atoms with Crippen molar-refractivity contribution in [2.45, 2.75) is 19.4 Å². The molecule has 1 heterocycles. The van der Waals surface area contributed by atoms with Crippen molar-refractivity contribution in [2.75, 3.05) is 18.5 Å². The number of anilines is 1. The fourth-order valence-corrected chi connectivity index (χ4v) is 1.24. The summed E-state index contributed by atoms with van der Waals surface area (Å²) < 4.78 is 0. The molecule has 0 saturated heterocycles. The van der Waals surface area contributed by atoms with Gasteiger partial charge in [-0.05, 0) is 19.1 Å². The van der Waals surface area contributed by atoms with Crippen molar-refractivity contribution in [1.82, 2.24) is 4.98 Å². The summed E-state index contributed by atoms with van der Waals surface area (Å²) in [6, 6.07) is 5.97. The van der Waals surface area contributed by atoms with E-state index in [4.69, 9.17) is 11.0 Å². The summed E-state index contributed by atoms with van der Waals surface area (Å²) in [5.74, 6) is 0. The highest BCUT2D eigenvalue weighted by Gasteiger charge is 2.03. The van der Waals surface area contributed by atoms with E-state index in [1.165, 1.54) is 0 Å². The number of pyridine rings is 1. The van der Waals surface area contributed by atoms with Gasteiger partial charge in [0.25, 0.3) is 0 Å². The Kier molecular flexibility index (Phi) is 4.07. The second-order valence-corrected chi connectivity index (χ2v) is 3.56. The first kappa shape index (κ1) is 11.5. The molecule has 4 nitrogen and oxygen atoms in total. The lowest BCUT2D eigenvalue weighted by Crippen LogP contribution is -2.18. The smallest absolute Gasteiger partial charge is 0.0640 e. The predicted octanol–water partition coefficient (Wildman–Crippen LogP) is 1.45. The van der Waals surface area contributed by atoms with Crippen molar-refractivity contribution in [2.24, 2.45) is 5.73 Å². The van der Waals surface area contributed by atoms with Crippen LogP contribution >= 0.6 is 0 Å². The molecule has 0 aliphatic heterocycles. The Bertz CT molecular complexity index is 337.